The molecule has 6 heteroatoms. The second-order valence-electron chi connectivity index (χ2n) is 10.4. The first kappa shape index (κ1) is 21.8. The average Bonchev–Trinajstić information content (AvgIpc) is 3.68. The molecule has 0 unspecified atom stereocenters. The van der Waals surface area contributed by atoms with Crippen molar-refractivity contribution in [2.45, 2.75) is 57.3 Å². The maximum absolute atomic E-state index is 13.9. The van der Waals surface area contributed by atoms with Crippen LogP contribution in [0.4, 0.5) is 0 Å². The molecule has 6 rings (SSSR count). The Morgan fingerprint density at radius 1 is 0.941 bits per heavy atom. The quantitative estimate of drug-likeness (QED) is 0.505. The van der Waals surface area contributed by atoms with Crippen molar-refractivity contribution in [1.82, 2.24) is 19.9 Å². The van der Waals surface area contributed by atoms with Gasteiger partial charge in [-0.15, -0.1) is 0 Å². The number of hydrogen-bond acceptors (Lipinski definition) is 5. The van der Waals surface area contributed by atoms with Gasteiger partial charge in [-0.25, -0.2) is 4.98 Å². The van der Waals surface area contributed by atoms with Gasteiger partial charge in [0.05, 0.1) is 10.9 Å². The summed E-state index contributed by atoms with van der Waals surface area (Å²) in [5.74, 6) is 1.24. The summed E-state index contributed by atoms with van der Waals surface area (Å²) in [7, 11) is 0. The Morgan fingerprint density at radius 3 is 2.38 bits per heavy atom. The van der Waals surface area contributed by atoms with Crippen molar-refractivity contribution in [2.24, 2.45) is 5.92 Å². The van der Waals surface area contributed by atoms with Crippen LogP contribution in [-0.2, 0) is 0 Å². The molecule has 1 aliphatic carbocycles. The van der Waals surface area contributed by atoms with Crippen molar-refractivity contribution < 1.29 is 9.32 Å². The van der Waals surface area contributed by atoms with E-state index in [2.05, 4.69) is 10.1 Å². The van der Waals surface area contributed by atoms with E-state index in [1.165, 1.54) is 45.3 Å². The summed E-state index contributed by atoms with van der Waals surface area (Å²) in [6.07, 6.45) is 9.85. The van der Waals surface area contributed by atoms with E-state index in [1.807, 2.05) is 41.3 Å². The molecule has 34 heavy (non-hydrogen) atoms. The van der Waals surface area contributed by atoms with Crippen LogP contribution in [0.1, 0.15) is 73.3 Å². The van der Waals surface area contributed by atoms with Gasteiger partial charge in [-0.05, 0) is 63.6 Å². The topological polar surface area (TPSA) is 62.5 Å². The highest BCUT2D eigenvalue weighted by molar-refractivity contribution is 6.09. The molecule has 1 amide bonds. The van der Waals surface area contributed by atoms with E-state index in [0.717, 1.165) is 55.4 Å². The summed E-state index contributed by atoms with van der Waals surface area (Å²) < 4.78 is 5.67. The molecular weight excluding hydrogens is 424 g/mol. The molecule has 0 bridgehead atoms. The molecular formula is C28H34N4O2. The Balaban J connectivity index is 1.24. The molecule has 0 atom stereocenters. The maximum Gasteiger partial charge on any atom is 0.259 e. The lowest BCUT2D eigenvalue weighted by atomic mass is 9.95. The van der Waals surface area contributed by atoms with Gasteiger partial charge >= 0.3 is 0 Å². The third-order valence-electron chi connectivity index (χ3n) is 7.86. The zero-order valence-electron chi connectivity index (χ0n) is 19.9. The molecule has 0 N–H and O–H groups in total. The minimum Gasteiger partial charge on any atom is -0.339 e. The predicted octanol–water partition coefficient (Wildman–Crippen LogP) is 5.50. The van der Waals surface area contributed by atoms with Crippen LogP contribution in [0.5, 0.6) is 0 Å². The van der Waals surface area contributed by atoms with Crippen LogP contribution >= 0.6 is 0 Å². The first-order valence-corrected chi connectivity index (χ1v) is 13.1. The van der Waals surface area contributed by atoms with Crippen molar-refractivity contribution in [2.75, 3.05) is 32.7 Å². The molecule has 3 fully saturated rings. The Morgan fingerprint density at radius 2 is 1.68 bits per heavy atom. The average molecular weight is 459 g/mol. The highest BCUT2D eigenvalue weighted by Gasteiger charge is 2.32. The van der Waals surface area contributed by atoms with Gasteiger partial charge in [0.2, 0.25) is 0 Å². The normalized spacial score (nSPS) is 20.5. The minimum absolute atomic E-state index is 0.0999. The van der Waals surface area contributed by atoms with E-state index < -0.39 is 0 Å². The Labute approximate surface area is 201 Å². The molecule has 2 aliphatic heterocycles. The third-order valence-corrected chi connectivity index (χ3v) is 7.86. The van der Waals surface area contributed by atoms with Gasteiger partial charge in [0.1, 0.15) is 5.69 Å². The Hall–Kier alpha value is -2.73. The number of benzene rings is 1. The lowest BCUT2D eigenvalue weighted by molar-refractivity contribution is 0.0669. The number of pyridine rings is 1. The van der Waals surface area contributed by atoms with Gasteiger partial charge in [0.25, 0.3) is 11.6 Å². The number of rotatable bonds is 5. The molecule has 178 valence electrons. The number of amides is 1. The van der Waals surface area contributed by atoms with Crippen molar-refractivity contribution in [3.63, 3.8) is 0 Å². The van der Waals surface area contributed by atoms with Crippen LogP contribution in [0.25, 0.3) is 22.4 Å². The molecule has 3 aliphatic rings. The van der Waals surface area contributed by atoms with Crippen molar-refractivity contribution in [3.05, 3.63) is 47.7 Å². The van der Waals surface area contributed by atoms with Gasteiger partial charge in [-0.1, -0.05) is 48.3 Å². The number of carbonyl (C=O) groups excluding carboxylic acids is 1. The highest BCUT2D eigenvalue weighted by Crippen LogP contribution is 2.41. The number of nitrogens with zero attached hydrogens (tertiary/aromatic N) is 4. The standard InChI is InChI=1S/C28H34N4O2/c33-28(32-16-12-20(13-17-32)19-31-14-6-1-2-7-15-31)23-18-24(21-10-11-21)29-27-25(23)26(30-34-27)22-8-4-3-5-9-22/h3-5,8-9,18,20-21H,1-2,6-7,10-17,19H2. The second-order valence-corrected chi connectivity index (χ2v) is 10.4. The number of piperidine rings is 1. The molecule has 1 aromatic carbocycles. The fourth-order valence-corrected chi connectivity index (χ4v) is 5.69. The van der Waals surface area contributed by atoms with Crippen LogP contribution in [0.2, 0.25) is 0 Å². The van der Waals surface area contributed by atoms with Gasteiger partial charge in [-0.2, -0.15) is 0 Å². The first-order valence-electron chi connectivity index (χ1n) is 13.1. The first-order chi connectivity index (χ1) is 16.8. The summed E-state index contributed by atoms with van der Waals surface area (Å²) in [5.41, 5.74) is 3.83. The van der Waals surface area contributed by atoms with Gasteiger partial charge in [0, 0.05) is 36.8 Å². The summed E-state index contributed by atoms with van der Waals surface area (Å²) >= 11 is 0. The van der Waals surface area contributed by atoms with E-state index >= 15 is 0 Å². The van der Waals surface area contributed by atoms with E-state index in [-0.39, 0.29) is 5.91 Å². The van der Waals surface area contributed by atoms with E-state index in [0.29, 0.717) is 28.8 Å². The van der Waals surface area contributed by atoms with Crippen molar-refractivity contribution in [3.8, 4) is 11.3 Å². The number of fused-ring (bicyclic) bond motifs is 1. The van der Waals surface area contributed by atoms with Gasteiger partial charge in [0.15, 0.2) is 0 Å². The second kappa shape index (κ2) is 9.49. The minimum atomic E-state index is 0.0999. The van der Waals surface area contributed by atoms with Crippen LogP contribution in [0.3, 0.4) is 0 Å². The van der Waals surface area contributed by atoms with E-state index in [1.54, 1.807) is 0 Å². The zero-order valence-corrected chi connectivity index (χ0v) is 19.9. The largest absolute Gasteiger partial charge is 0.339 e. The van der Waals surface area contributed by atoms with Crippen molar-refractivity contribution in [1.29, 1.82) is 0 Å². The summed E-state index contributed by atoms with van der Waals surface area (Å²) in [5, 5.41) is 5.10. The fourth-order valence-electron chi connectivity index (χ4n) is 5.69. The molecule has 4 heterocycles. The summed E-state index contributed by atoms with van der Waals surface area (Å²) in [4.78, 5) is 23.3. The molecule has 0 spiro atoms. The van der Waals surface area contributed by atoms with Gasteiger partial charge in [-0.3, -0.25) is 4.79 Å². The van der Waals surface area contributed by atoms with Crippen molar-refractivity contribution >= 4 is 17.0 Å². The highest BCUT2D eigenvalue weighted by atomic mass is 16.5. The van der Waals surface area contributed by atoms with E-state index in [9.17, 15) is 4.79 Å². The van der Waals surface area contributed by atoms with Crippen LogP contribution < -0.4 is 0 Å². The Bertz CT molecular complexity index is 1140. The number of carbonyl (C=O) groups is 1. The lowest BCUT2D eigenvalue weighted by Gasteiger charge is -2.34. The lowest BCUT2D eigenvalue weighted by Crippen LogP contribution is -2.42. The SMILES string of the molecule is O=C(c1cc(C2CC2)nc2onc(-c3ccccc3)c12)N1CCC(CN2CCCCCC2)CC1. The monoisotopic (exact) mass is 458 g/mol. The maximum atomic E-state index is 13.9. The number of likely N-dealkylation sites (tertiary alicyclic amines) is 2. The van der Waals surface area contributed by atoms with Crippen LogP contribution in [0, 0.1) is 5.92 Å². The third kappa shape index (κ3) is 4.48. The van der Waals surface area contributed by atoms with E-state index in [4.69, 9.17) is 9.51 Å². The molecule has 2 saturated heterocycles. The van der Waals surface area contributed by atoms with Crippen LogP contribution in [0.15, 0.2) is 40.9 Å². The molecule has 3 aromatic rings. The number of hydrogen-bond donors (Lipinski definition) is 0. The summed E-state index contributed by atoms with van der Waals surface area (Å²) in [6, 6.07) is 12.0. The summed E-state index contributed by atoms with van der Waals surface area (Å²) in [6.45, 7) is 5.33. The smallest absolute Gasteiger partial charge is 0.259 e. The zero-order chi connectivity index (χ0) is 22.9. The van der Waals surface area contributed by atoms with Crippen LogP contribution in [-0.4, -0.2) is 58.6 Å². The Kier molecular flexibility index (Phi) is 6.08. The number of aromatic nitrogens is 2. The fraction of sp³-hybridized carbons (Fsp3) is 0.536. The molecule has 6 nitrogen and oxygen atoms in total. The molecule has 0 radical (unpaired) electrons. The predicted molar refractivity (Wildman–Crippen MR) is 133 cm³/mol. The van der Waals surface area contributed by atoms with Gasteiger partial charge < -0.3 is 14.3 Å². The molecule has 1 saturated carbocycles. The molecule has 2 aromatic heterocycles.